The van der Waals surface area contributed by atoms with E-state index in [4.69, 9.17) is 29.1 Å². The number of nitrogens with zero attached hydrogens (tertiary/aromatic N) is 4. The number of fused-ring (bicyclic) bond motifs is 1. The molecular weight excluding hydrogens is 482 g/mol. The van der Waals surface area contributed by atoms with Crippen LogP contribution in [0.15, 0.2) is 70.9 Å². The quantitative estimate of drug-likeness (QED) is 0.181. The molecule has 0 radical (unpaired) electrons. The van der Waals surface area contributed by atoms with E-state index in [-0.39, 0.29) is 0 Å². The first-order chi connectivity index (χ1) is 13.9. The molecule has 0 atom stereocenters. The van der Waals surface area contributed by atoms with Crippen molar-refractivity contribution in [2.75, 3.05) is 0 Å². The van der Waals surface area contributed by atoms with Gasteiger partial charge in [0, 0.05) is 23.6 Å². The molecule has 2 aromatic carbocycles. The first-order valence-electron chi connectivity index (χ1n) is 9.08. The number of rotatable bonds is 3. The molecule has 0 aliphatic carbocycles. The molecular formula is C20H20Cl3N5Zn. The summed E-state index contributed by atoms with van der Waals surface area (Å²) in [5.41, 5.74) is 5.16. The predicted octanol–water partition coefficient (Wildman–Crippen LogP) is 6.88. The number of hydrogen-bond donors (Lipinski definition) is 1. The Kier molecular flexibility index (Phi) is 7.47. The first kappa shape index (κ1) is 22.0. The number of hydrogen-bond acceptors (Lipinski definition) is 2. The van der Waals surface area contributed by atoms with Crippen LogP contribution < -0.4 is 4.68 Å². The predicted molar refractivity (Wildman–Crippen MR) is 116 cm³/mol. The molecule has 4 aromatic rings. The van der Waals surface area contributed by atoms with Crippen molar-refractivity contribution in [1.29, 1.82) is 0 Å². The molecule has 0 unspecified atom stereocenters. The third-order valence-corrected chi connectivity index (χ3v) is 4.48. The van der Waals surface area contributed by atoms with Crippen molar-refractivity contribution >= 4 is 51.5 Å². The molecule has 0 bridgehead atoms. The number of aryl methyl sites for hydroxylation is 2. The Morgan fingerprint density at radius 1 is 0.931 bits per heavy atom. The molecule has 29 heavy (non-hydrogen) atoms. The zero-order valence-electron chi connectivity index (χ0n) is 16.4. The third kappa shape index (κ3) is 5.26. The Hall–Kier alpha value is -1.72. The van der Waals surface area contributed by atoms with Crippen molar-refractivity contribution in [2.45, 2.75) is 13.8 Å². The molecule has 2 heterocycles. The zero-order valence-corrected chi connectivity index (χ0v) is 21.6. The van der Waals surface area contributed by atoms with Crippen LogP contribution >= 0.6 is 29.1 Å². The average molecular weight is 502 g/mol. The molecule has 2 aromatic heterocycles. The van der Waals surface area contributed by atoms with Gasteiger partial charge in [-0.1, -0.05) is 36.4 Å². The molecule has 9 heteroatoms. The van der Waals surface area contributed by atoms with Crippen molar-refractivity contribution in [3.8, 4) is 5.69 Å². The number of H-pyrrole nitrogens is 1. The fraction of sp³-hybridized carbons (Fsp3) is 0.150. The van der Waals surface area contributed by atoms with Crippen molar-refractivity contribution in [3.05, 3.63) is 72.1 Å². The van der Waals surface area contributed by atoms with Gasteiger partial charge in [-0.15, -0.1) is 4.68 Å². The van der Waals surface area contributed by atoms with Crippen LogP contribution in [0.4, 0.5) is 11.5 Å². The molecule has 0 amide bonds. The number of nitrogens with one attached hydrogen (secondary N) is 1. The summed E-state index contributed by atoms with van der Waals surface area (Å²) in [6.45, 7) is 4.09. The summed E-state index contributed by atoms with van der Waals surface area (Å²) in [5.74, 6) is 0.802. The van der Waals surface area contributed by atoms with Gasteiger partial charge >= 0.3 is 47.9 Å². The van der Waals surface area contributed by atoms with Crippen LogP contribution in [-0.2, 0) is 20.0 Å². The number of aromatic amines is 1. The van der Waals surface area contributed by atoms with Crippen LogP contribution in [0, 0.1) is 13.8 Å². The summed E-state index contributed by atoms with van der Waals surface area (Å²) in [6, 6.07) is 20.4. The summed E-state index contributed by atoms with van der Waals surface area (Å²) in [4.78, 5) is 3.36. The van der Waals surface area contributed by atoms with Gasteiger partial charge in [-0.2, -0.15) is 0 Å². The Morgan fingerprint density at radius 2 is 1.55 bits per heavy atom. The van der Waals surface area contributed by atoms with Crippen LogP contribution in [-0.4, -0.2) is 9.67 Å². The van der Waals surface area contributed by atoms with E-state index < -0.39 is 13.0 Å². The molecule has 0 spiro atoms. The van der Waals surface area contributed by atoms with Gasteiger partial charge in [0.25, 0.3) is 0 Å². The third-order valence-electron chi connectivity index (χ3n) is 4.48. The van der Waals surface area contributed by atoms with Crippen molar-refractivity contribution in [3.63, 3.8) is 0 Å². The van der Waals surface area contributed by atoms with Gasteiger partial charge in [0.1, 0.15) is 5.69 Å². The molecule has 0 saturated carbocycles. The van der Waals surface area contributed by atoms with E-state index in [1.807, 2.05) is 50.4 Å². The van der Waals surface area contributed by atoms with E-state index in [1.165, 1.54) is 0 Å². The molecule has 1 N–H and O–H groups in total. The molecule has 5 nitrogen and oxygen atoms in total. The Balaban J connectivity index is 0.000000552. The minimum atomic E-state index is -2.21. The molecule has 148 valence electrons. The fourth-order valence-corrected chi connectivity index (χ4v) is 3.09. The monoisotopic (exact) mass is 499 g/mol. The normalized spacial score (nSPS) is 11.0. The van der Waals surface area contributed by atoms with Crippen LogP contribution in [0.3, 0.4) is 0 Å². The second-order valence-electron chi connectivity index (χ2n) is 6.46. The van der Waals surface area contributed by atoms with E-state index in [9.17, 15) is 0 Å². The van der Waals surface area contributed by atoms with Crippen LogP contribution in [0.1, 0.15) is 11.4 Å². The SMILES string of the molecule is Cc1[nH]c2ccccc2c1N=Nc1cc(C)n(C)[n+]1-c1ccccc1.[Cl][Zn-]([Cl])[Cl]. The Morgan fingerprint density at radius 3 is 2.24 bits per heavy atom. The molecule has 0 aliphatic rings. The topological polar surface area (TPSA) is 49.3 Å². The van der Waals surface area contributed by atoms with Gasteiger partial charge in [0.05, 0.1) is 16.9 Å². The molecule has 0 aliphatic heterocycles. The molecule has 4 rings (SSSR count). The van der Waals surface area contributed by atoms with Crippen molar-refractivity contribution in [2.24, 2.45) is 17.3 Å². The second kappa shape index (κ2) is 9.86. The summed E-state index contributed by atoms with van der Waals surface area (Å²) < 4.78 is 4.13. The van der Waals surface area contributed by atoms with Gasteiger partial charge in [0.15, 0.2) is 5.69 Å². The maximum atomic E-state index is 5.01. The number of aromatic nitrogens is 3. The summed E-state index contributed by atoms with van der Waals surface area (Å²) in [5, 5.41) is 10.2. The van der Waals surface area contributed by atoms with Gasteiger partial charge < -0.3 is 4.98 Å². The second-order valence-corrected chi connectivity index (χ2v) is 20.3. The number of benzene rings is 2. The standard InChI is InChI=1S/C20H19N5.3ClH.Zn/c1-14-13-19(25(24(14)3)16-9-5-4-6-10-16)22-23-20-15(2)21-18-12-8-7-11-17(18)20;;;;/h4-13H,1-3H3;3*1H;/q;;;;+2/p-2. The van der Waals surface area contributed by atoms with Crippen LogP contribution in [0.2, 0.25) is 0 Å². The van der Waals surface area contributed by atoms with Crippen molar-refractivity contribution in [1.82, 2.24) is 9.67 Å². The van der Waals surface area contributed by atoms with Crippen molar-refractivity contribution < 1.29 is 17.7 Å². The Labute approximate surface area is 186 Å². The van der Waals surface area contributed by atoms with Gasteiger partial charge in [-0.05, 0) is 37.2 Å². The first-order valence-corrected chi connectivity index (χ1v) is 20.8. The maximum absolute atomic E-state index is 5.01. The molecule has 0 saturated heterocycles. The van der Waals surface area contributed by atoms with Gasteiger partial charge in [-0.3, -0.25) is 0 Å². The van der Waals surface area contributed by atoms with E-state index in [0.717, 1.165) is 39.5 Å². The van der Waals surface area contributed by atoms with Crippen LogP contribution in [0.25, 0.3) is 16.6 Å². The number of azo groups is 1. The average Bonchev–Trinajstić information content (AvgIpc) is 3.15. The minimum absolute atomic E-state index is 0.802. The van der Waals surface area contributed by atoms with E-state index in [2.05, 4.69) is 55.8 Å². The van der Waals surface area contributed by atoms with Gasteiger partial charge in [-0.25, -0.2) is 4.68 Å². The van der Waals surface area contributed by atoms with E-state index in [0.29, 0.717) is 0 Å². The fourth-order valence-electron chi connectivity index (χ4n) is 3.09. The van der Waals surface area contributed by atoms with Crippen LogP contribution in [0.5, 0.6) is 0 Å². The van der Waals surface area contributed by atoms with E-state index in [1.54, 1.807) is 0 Å². The summed E-state index contributed by atoms with van der Waals surface area (Å²) >= 11 is -2.21. The zero-order chi connectivity index (χ0) is 21.0. The number of halogens is 3. The Bertz CT molecular complexity index is 1130. The van der Waals surface area contributed by atoms with E-state index >= 15 is 0 Å². The van der Waals surface area contributed by atoms with Gasteiger partial charge in [0.2, 0.25) is 0 Å². The number of para-hydroxylation sites is 2. The summed E-state index contributed by atoms with van der Waals surface area (Å²) in [7, 11) is 17.1. The summed E-state index contributed by atoms with van der Waals surface area (Å²) in [6.07, 6.45) is 0. The molecule has 0 fully saturated rings.